The fraction of sp³-hybridized carbons (Fsp3) is 0.909. The molecule has 0 atom stereocenters. The number of hydrogen-bond acceptors (Lipinski definition) is 3. The van der Waals surface area contributed by atoms with Crippen molar-refractivity contribution >= 4 is 27.2 Å². The van der Waals surface area contributed by atoms with E-state index in [2.05, 4.69) is 0 Å². The second-order valence-electron chi connectivity index (χ2n) is 4.66. The summed E-state index contributed by atoms with van der Waals surface area (Å²) in [5, 5.41) is 0. The van der Waals surface area contributed by atoms with Gasteiger partial charge in [-0.25, -0.2) is 8.42 Å². The molecule has 2 N–H and O–H groups in total. The molecule has 0 unspecified atom stereocenters. The number of nitrogens with zero attached hydrogens (tertiary/aromatic N) is 1. The van der Waals surface area contributed by atoms with E-state index in [1.165, 1.54) is 0 Å². The van der Waals surface area contributed by atoms with Gasteiger partial charge in [-0.3, -0.25) is 0 Å². The third-order valence-electron chi connectivity index (χ3n) is 2.58. The molecule has 0 aliphatic rings. The molecule has 0 saturated carbocycles. The van der Waals surface area contributed by atoms with Crippen LogP contribution in [0, 0.1) is 5.92 Å². The Balaban J connectivity index is 5.08. The molecule has 6 heteroatoms. The van der Waals surface area contributed by atoms with E-state index < -0.39 is 10.0 Å². The highest BCUT2D eigenvalue weighted by molar-refractivity contribution is 7.92. The SMILES string of the molecule is CCC(CC)N(CC(C)C)S(=O)(=O)CC(N)=S. The molecular weight excluding hydrogens is 256 g/mol. The lowest BCUT2D eigenvalue weighted by atomic mass is 10.1. The summed E-state index contributed by atoms with van der Waals surface area (Å²) >= 11 is 4.71. The largest absolute Gasteiger partial charge is 0.392 e. The first-order valence-electron chi connectivity index (χ1n) is 6.02. The van der Waals surface area contributed by atoms with Crippen molar-refractivity contribution in [3.63, 3.8) is 0 Å². The minimum absolute atomic E-state index is 0.0321. The summed E-state index contributed by atoms with van der Waals surface area (Å²) in [6.45, 7) is 8.53. The maximum Gasteiger partial charge on any atom is 0.220 e. The van der Waals surface area contributed by atoms with E-state index in [4.69, 9.17) is 18.0 Å². The van der Waals surface area contributed by atoms with Crippen LogP contribution in [-0.2, 0) is 10.0 Å². The maximum absolute atomic E-state index is 12.2. The molecule has 0 heterocycles. The normalized spacial score (nSPS) is 12.6. The highest BCUT2D eigenvalue weighted by atomic mass is 32.2. The Morgan fingerprint density at radius 3 is 2.06 bits per heavy atom. The third-order valence-corrected chi connectivity index (χ3v) is 4.74. The Morgan fingerprint density at radius 1 is 1.29 bits per heavy atom. The number of nitrogens with two attached hydrogens (primary N) is 1. The van der Waals surface area contributed by atoms with Crippen LogP contribution in [-0.4, -0.2) is 36.1 Å². The van der Waals surface area contributed by atoms with Crippen LogP contribution in [0.5, 0.6) is 0 Å². The van der Waals surface area contributed by atoms with Gasteiger partial charge < -0.3 is 5.73 Å². The molecule has 0 saturated heterocycles. The van der Waals surface area contributed by atoms with Crippen molar-refractivity contribution in [3.05, 3.63) is 0 Å². The predicted octanol–water partition coefficient (Wildman–Crippen LogP) is 1.75. The van der Waals surface area contributed by atoms with Gasteiger partial charge in [0, 0.05) is 12.6 Å². The van der Waals surface area contributed by atoms with Crippen LogP contribution >= 0.6 is 12.2 Å². The lowest BCUT2D eigenvalue weighted by Crippen LogP contribution is -2.45. The van der Waals surface area contributed by atoms with Gasteiger partial charge in [0.2, 0.25) is 10.0 Å². The van der Waals surface area contributed by atoms with Crippen LogP contribution in [0.15, 0.2) is 0 Å². The molecule has 0 aromatic heterocycles. The maximum atomic E-state index is 12.2. The Kier molecular flexibility index (Phi) is 7.20. The minimum Gasteiger partial charge on any atom is -0.392 e. The van der Waals surface area contributed by atoms with E-state index in [9.17, 15) is 8.42 Å². The summed E-state index contributed by atoms with van der Waals surface area (Å²) in [4.78, 5) is 0.0321. The summed E-state index contributed by atoms with van der Waals surface area (Å²) in [7, 11) is -3.37. The topological polar surface area (TPSA) is 63.4 Å². The van der Waals surface area contributed by atoms with Crippen molar-refractivity contribution < 1.29 is 8.42 Å². The average Bonchev–Trinajstić information content (AvgIpc) is 2.15. The first-order chi connectivity index (χ1) is 7.74. The fourth-order valence-corrected chi connectivity index (χ4v) is 4.06. The highest BCUT2D eigenvalue weighted by Crippen LogP contribution is 2.16. The molecule has 0 aromatic rings. The molecule has 0 radical (unpaired) electrons. The molecule has 0 bridgehead atoms. The Labute approximate surface area is 111 Å². The molecule has 0 aliphatic heterocycles. The first kappa shape index (κ1) is 16.8. The Morgan fingerprint density at radius 2 is 1.76 bits per heavy atom. The number of sulfonamides is 1. The Hall–Kier alpha value is -0.200. The summed E-state index contributed by atoms with van der Waals surface area (Å²) in [5.41, 5.74) is 5.36. The van der Waals surface area contributed by atoms with Gasteiger partial charge in [0.25, 0.3) is 0 Å². The van der Waals surface area contributed by atoms with Gasteiger partial charge in [-0.2, -0.15) is 4.31 Å². The van der Waals surface area contributed by atoms with E-state index >= 15 is 0 Å². The van der Waals surface area contributed by atoms with Gasteiger partial charge in [-0.15, -0.1) is 0 Å². The van der Waals surface area contributed by atoms with Crippen LogP contribution in [0.4, 0.5) is 0 Å². The molecular formula is C11H24N2O2S2. The minimum atomic E-state index is -3.37. The van der Waals surface area contributed by atoms with Crippen LogP contribution < -0.4 is 5.73 Å². The van der Waals surface area contributed by atoms with Gasteiger partial charge in [-0.05, 0) is 18.8 Å². The monoisotopic (exact) mass is 280 g/mol. The molecule has 0 aliphatic carbocycles. The second kappa shape index (κ2) is 7.28. The molecule has 0 fully saturated rings. The van der Waals surface area contributed by atoms with Crippen LogP contribution in [0.3, 0.4) is 0 Å². The smallest absolute Gasteiger partial charge is 0.220 e. The molecule has 0 spiro atoms. The van der Waals surface area contributed by atoms with Crippen molar-refractivity contribution in [2.75, 3.05) is 12.3 Å². The van der Waals surface area contributed by atoms with Crippen molar-refractivity contribution in [2.24, 2.45) is 11.7 Å². The van der Waals surface area contributed by atoms with Crippen molar-refractivity contribution in [1.82, 2.24) is 4.31 Å². The molecule has 0 amide bonds. The van der Waals surface area contributed by atoms with Gasteiger partial charge >= 0.3 is 0 Å². The summed E-state index contributed by atoms with van der Waals surface area (Å²) in [5.74, 6) is 0.0580. The van der Waals surface area contributed by atoms with E-state index in [1.54, 1.807) is 4.31 Å². The van der Waals surface area contributed by atoms with Crippen molar-refractivity contribution in [1.29, 1.82) is 0 Å². The summed E-state index contributed by atoms with van der Waals surface area (Å²) < 4.78 is 26.0. The Bertz CT molecular complexity index is 335. The standard InChI is InChI=1S/C11H24N2O2S2/c1-5-10(6-2)13(7-9(3)4)17(14,15)8-11(12)16/h9-10H,5-8H2,1-4H3,(H2,12,16). The van der Waals surface area contributed by atoms with Crippen LogP contribution in [0.1, 0.15) is 40.5 Å². The van der Waals surface area contributed by atoms with Gasteiger partial charge in [0.05, 0.1) is 4.99 Å². The average molecular weight is 280 g/mol. The van der Waals surface area contributed by atoms with Crippen molar-refractivity contribution in [2.45, 2.75) is 46.6 Å². The third kappa shape index (κ3) is 5.79. The zero-order valence-electron chi connectivity index (χ0n) is 11.1. The number of rotatable bonds is 8. The second-order valence-corrected chi connectivity index (χ2v) is 7.10. The fourth-order valence-electron chi connectivity index (χ4n) is 1.81. The zero-order chi connectivity index (χ0) is 13.6. The predicted molar refractivity (Wildman–Crippen MR) is 76.5 cm³/mol. The highest BCUT2D eigenvalue weighted by Gasteiger charge is 2.28. The van der Waals surface area contributed by atoms with Gasteiger partial charge in [0.1, 0.15) is 5.75 Å². The van der Waals surface area contributed by atoms with E-state index in [0.717, 1.165) is 12.8 Å². The molecule has 0 rings (SSSR count). The zero-order valence-corrected chi connectivity index (χ0v) is 12.8. The van der Waals surface area contributed by atoms with Gasteiger partial charge in [-0.1, -0.05) is 39.9 Å². The van der Waals surface area contributed by atoms with E-state index in [-0.39, 0.29) is 22.7 Å². The van der Waals surface area contributed by atoms with E-state index in [1.807, 2.05) is 27.7 Å². The lowest BCUT2D eigenvalue weighted by molar-refractivity contribution is 0.278. The molecule has 17 heavy (non-hydrogen) atoms. The van der Waals surface area contributed by atoms with Crippen molar-refractivity contribution in [3.8, 4) is 0 Å². The molecule has 102 valence electrons. The van der Waals surface area contributed by atoms with Crippen LogP contribution in [0.2, 0.25) is 0 Å². The summed E-state index contributed by atoms with van der Waals surface area (Å²) in [6.07, 6.45) is 1.61. The van der Waals surface area contributed by atoms with Crippen LogP contribution in [0.25, 0.3) is 0 Å². The quantitative estimate of drug-likeness (QED) is 0.688. The number of hydrogen-bond donors (Lipinski definition) is 1. The lowest BCUT2D eigenvalue weighted by Gasteiger charge is -2.30. The van der Waals surface area contributed by atoms with Gasteiger partial charge in [0.15, 0.2) is 0 Å². The van der Waals surface area contributed by atoms with E-state index in [0.29, 0.717) is 6.54 Å². The first-order valence-corrected chi connectivity index (χ1v) is 8.04. The molecule has 0 aromatic carbocycles. The summed E-state index contributed by atoms with van der Waals surface area (Å²) in [6, 6.07) is 0.0387. The number of thiocarbonyl (C=S) groups is 1. The molecule has 4 nitrogen and oxygen atoms in total.